The molecular weight excluding hydrogens is 368 g/mol. The fraction of sp³-hybridized carbons (Fsp3) is 0.267. The van der Waals surface area contributed by atoms with Gasteiger partial charge in [-0.15, -0.1) is 15.7 Å². The van der Waals surface area contributed by atoms with Crippen LogP contribution in [0.1, 0.15) is 6.92 Å². The highest BCUT2D eigenvalue weighted by Crippen LogP contribution is 2.33. The van der Waals surface area contributed by atoms with Gasteiger partial charge in [-0.2, -0.15) is 8.42 Å². The molecule has 9 heteroatoms. The van der Waals surface area contributed by atoms with E-state index in [9.17, 15) is 8.42 Å². The highest BCUT2D eigenvalue weighted by molar-refractivity contribution is 7.92. The Morgan fingerprint density at radius 1 is 1.21 bits per heavy atom. The molecule has 0 N–H and O–H groups in total. The van der Waals surface area contributed by atoms with Crippen LogP contribution in [0.5, 0.6) is 11.5 Å². The fourth-order valence-electron chi connectivity index (χ4n) is 2.33. The second-order valence-electron chi connectivity index (χ2n) is 4.80. The SMILES string of the molecule is CCn1/c(=N/S(=O)(=O)c2cccs2)sc2cc(OC)c(OC)cc21. The minimum absolute atomic E-state index is 0.234. The topological polar surface area (TPSA) is 69.9 Å². The van der Waals surface area contributed by atoms with Gasteiger partial charge in [-0.25, -0.2) is 0 Å². The van der Waals surface area contributed by atoms with Crippen molar-refractivity contribution in [3.8, 4) is 11.5 Å². The third-order valence-corrected chi connectivity index (χ3v) is 7.25. The number of fused-ring (bicyclic) bond motifs is 1. The molecule has 0 bridgehead atoms. The Balaban J connectivity index is 2.27. The monoisotopic (exact) mass is 384 g/mol. The van der Waals surface area contributed by atoms with Crippen LogP contribution in [0.25, 0.3) is 10.2 Å². The third-order valence-electron chi connectivity index (χ3n) is 3.45. The summed E-state index contributed by atoms with van der Waals surface area (Å²) in [5, 5.41) is 1.72. The first kappa shape index (κ1) is 17.0. The molecule has 128 valence electrons. The van der Waals surface area contributed by atoms with Gasteiger partial charge < -0.3 is 14.0 Å². The zero-order valence-corrected chi connectivity index (χ0v) is 15.8. The van der Waals surface area contributed by atoms with Gasteiger partial charge >= 0.3 is 0 Å². The Morgan fingerprint density at radius 2 is 1.92 bits per heavy atom. The molecule has 2 heterocycles. The summed E-state index contributed by atoms with van der Waals surface area (Å²) >= 11 is 2.46. The lowest BCUT2D eigenvalue weighted by molar-refractivity contribution is 0.355. The minimum Gasteiger partial charge on any atom is -0.493 e. The summed E-state index contributed by atoms with van der Waals surface area (Å²) in [5.41, 5.74) is 0.861. The first-order chi connectivity index (χ1) is 11.5. The molecule has 3 aromatic rings. The van der Waals surface area contributed by atoms with Crippen LogP contribution in [-0.4, -0.2) is 27.2 Å². The molecule has 0 spiro atoms. The predicted molar refractivity (Wildman–Crippen MR) is 95.7 cm³/mol. The molecule has 0 amide bonds. The number of aromatic nitrogens is 1. The molecule has 0 saturated heterocycles. The van der Waals surface area contributed by atoms with E-state index in [2.05, 4.69) is 4.40 Å². The normalized spacial score (nSPS) is 12.7. The molecule has 1 aromatic carbocycles. The van der Waals surface area contributed by atoms with Gasteiger partial charge in [0.15, 0.2) is 11.5 Å². The number of sulfonamides is 1. The third kappa shape index (κ3) is 2.94. The highest BCUT2D eigenvalue weighted by atomic mass is 32.2. The molecule has 3 rings (SSSR count). The maximum atomic E-state index is 12.4. The molecule has 0 radical (unpaired) electrons. The van der Waals surface area contributed by atoms with E-state index in [4.69, 9.17) is 9.47 Å². The van der Waals surface area contributed by atoms with Crippen molar-refractivity contribution >= 4 is 42.9 Å². The van der Waals surface area contributed by atoms with E-state index in [1.54, 1.807) is 31.7 Å². The molecule has 0 saturated carbocycles. The smallest absolute Gasteiger partial charge is 0.294 e. The summed E-state index contributed by atoms with van der Waals surface area (Å²) in [6.45, 7) is 2.54. The van der Waals surface area contributed by atoms with Gasteiger partial charge in [0.05, 0.1) is 24.4 Å². The lowest BCUT2D eigenvalue weighted by Gasteiger charge is -2.08. The summed E-state index contributed by atoms with van der Waals surface area (Å²) in [4.78, 5) is 0.427. The number of ether oxygens (including phenoxy) is 2. The maximum absolute atomic E-state index is 12.4. The van der Waals surface area contributed by atoms with E-state index in [1.165, 1.54) is 11.3 Å². The van der Waals surface area contributed by atoms with Crippen LogP contribution >= 0.6 is 22.7 Å². The van der Waals surface area contributed by atoms with Crippen LogP contribution in [0.15, 0.2) is 38.3 Å². The molecule has 0 aliphatic rings. The van der Waals surface area contributed by atoms with Gasteiger partial charge in [-0.05, 0) is 18.4 Å². The van der Waals surface area contributed by atoms with Gasteiger partial charge in [-0.1, -0.05) is 17.4 Å². The second kappa shape index (κ2) is 6.58. The van der Waals surface area contributed by atoms with Crippen molar-refractivity contribution in [2.24, 2.45) is 4.40 Å². The minimum atomic E-state index is -3.71. The fourth-order valence-corrected chi connectivity index (χ4v) is 5.61. The number of aryl methyl sites for hydroxylation is 1. The number of thiazole rings is 1. The predicted octanol–water partition coefficient (Wildman–Crippen LogP) is 3.09. The molecule has 2 aromatic heterocycles. The Bertz CT molecular complexity index is 1030. The molecule has 24 heavy (non-hydrogen) atoms. The number of hydrogen-bond donors (Lipinski definition) is 0. The number of nitrogens with zero attached hydrogens (tertiary/aromatic N) is 2. The zero-order chi connectivity index (χ0) is 17.3. The standard InChI is InChI=1S/C15H16N2O4S3/c1-4-17-10-8-11(20-2)12(21-3)9-13(10)23-15(17)16-24(18,19)14-6-5-7-22-14/h5-9H,4H2,1-3H3/b16-15-. The molecule has 6 nitrogen and oxygen atoms in total. The van der Waals surface area contributed by atoms with Crippen molar-refractivity contribution in [2.45, 2.75) is 17.7 Å². The summed E-state index contributed by atoms with van der Waals surface area (Å²) in [6, 6.07) is 6.92. The van der Waals surface area contributed by atoms with Crippen LogP contribution in [0.4, 0.5) is 0 Å². The van der Waals surface area contributed by atoms with Gasteiger partial charge in [-0.3, -0.25) is 0 Å². The number of benzene rings is 1. The van der Waals surface area contributed by atoms with E-state index in [0.29, 0.717) is 22.8 Å². The van der Waals surface area contributed by atoms with E-state index < -0.39 is 10.0 Å². The number of thiophene rings is 1. The Kier molecular flexibility index (Phi) is 4.66. The second-order valence-corrected chi connectivity index (χ2v) is 8.59. The summed E-state index contributed by atoms with van der Waals surface area (Å²) in [6.07, 6.45) is 0. The van der Waals surface area contributed by atoms with Crippen molar-refractivity contribution in [2.75, 3.05) is 14.2 Å². The summed E-state index contributed by atoms with van der Waals surface area (Å²) in [7, 11) is -0.576. The lowest BCUT2D eigenvalue weighted by atomic mass is 10.3. The van der Waals surface area contributed by atoms with Crippen molar-refractivity contribution in [3.05, 3.63) is 34.4 Å². The van der Waals surface area contributed by atoms with Crippen molar-refractivity contribution in [1.29, 1.82) is 0 Å². The van der Waals surface area contributed by atoms with Gasteiger partial charge in [0, 0.05) is 18.7 Å². The van der Waals surface area contributed by atoms with Crippen LogP contribution < -0.4 is 14.3 Å². The molecule has 0 aliphatic heterocycles. The van der Waals surface area contributed by atoms with Gasteiger partial charge in [0.1, 0.15) is 4.21 Å². The number of hydrogen-bond acceptors (Lipinski definition) is 6. The van der Waals surface area contributed by atoms with Crippen molar-refractivity contribution in [3.63, 3.8) is 0 Å². The van der Waals surface area contributed by atoms with E-state index in [1.807, 2.05) is 23.6 Å². The molecule has 0 atom stereocenters. The first-order valence-corrected chi connectivity index (χ1v) is 10.2. The largest absolute Gasteiger partial charge is 0.493 e. The molecule has 0 fully saturated rings. The Morgan fingerprint density at radius 3 is 2.50 bits per heavy atom. The van der Waals surface area contributed by atoms with E-state index in [0.717, 1.165) is 21.6 Å². The van der Waals surface area contributed by atoms with E-state index in [-0.39, 0.29) is 4.21 Å². The lowest BCUT2D eigenvalue weighted by Crippen LogP contribution is -2.15. The van der Waals surface area contributed by atoms with Crippen LogP contribution in [0.3, 0.4) is 0 Å². The van der Waals surface area contributed by atoms with Crippen molar-refractivity contribution < 1.29 is 17.9 Å². The van der Waals surface area contributed by atoms with Crippen molar-refractivity contribution in [1.82, 2.24) is 4.57 Å². The number of rotatable bonds is 5. The molecule has 0 unspecified atom stereocenters. The van der Waals surface area contributed by atoms with Crippen LogP contribution in [0.2, 0.25) is 0 Å². The van der Waals surface area contributed by atoms with Crippen LogP contribution in [0, 0.1) is 0 Å². The number of methoxy groups -OCH3 is 2. The van der Waals surface area contributed by atoms with Crippen LogP contribution in [-0.2, 0) is 16.6 Å². The highest BCUT2D eigenvalue weighted by Gasteiger charge is 2.16. The van der Waals surface area contributed by atoms with Gasteiger partial charge in [0.25, 0.3) is 10.0 Å². The first-order valence-electron chi connectivity index (χ1n) is 7.10. The summed E-state index contributed by atoms with van der Waals surface area (Å²) in [5.74, 6) is 1.19. The average molecular weight is 385 g/mol. The summed E-state index contributed by atoms with van der Waals surface area (Å²) < 4.78 is 42.5. The molecule has 0 aliphatic carbocycles. The Hall–Kier alpha value is -1.84. The van der Waals surface area contributed by atoms with Gasteiger partial charge in [0.2, 0.25) is 4.80 Å². The molecular formula is C15H16N2O4S3. The Labute approximate surface area is 147 Å². The zero-order valence-electron chi connectivity index (χ0n) is 13.3. The van der Waals surface area contributed by atoms with E-state index >= 15 is 0 Å². The average Bonchev–Trinajstić information content (AvgIpc) is 3.20. The maximum Gasteiger partial charge on any atom is 0.294 e. The quantitative estimate of drug-likeness (QED) is 0.678.